The summed E-state index contributed by atoms with van der Waals surface area (Å²) in [7, 11) is 0. The molecule has 3 rings (SSSR count). The van der Waals surface area contributed by atoms with Crippen LogP contribution in [0.3, 0.4) is 0 Å². The fourth-order valence-electron chi connectivity index (χ4n) is 1.75. The number of nitrogens with zero attached hydrogens (tertiary/aromatic N) is 2. The molecule has 1 N–H and O–H groups in total. The minimum absolute atomic E-state index is 0.208. The van der Waals surface area contributed by atoms with Crippen LogP contribution in [0.4, 0.5) is 0 Å². The van der Waals surface area contributed by atoms with Gasteiger partial charge in [0.05, 0.1) is 11.8 Å². The van der Waals surface area contributed by atoms with Crippen LogP contribution in [0.5, 0.6) is 11.5 Å². The van der Waals surface area contributed by atoms with Crippen LogP contribution in [-0.4, -0.2) is 23.9 Å². The normalized spacial score (nSPS) is 12.6. The van der Waals surface area contributed by atoms with Gasteiger partial charge >= 0.3 is 0 Å². The molecule has 0 aliphatic carbocycles. The molecule has 1 aliphatic rings. The van der Waals surface area contributed by atoms with Gasteiger partial charge in [-0.25, -0.2) is 5.43 Å². The fraction of sp³-hybridized carbons (Fsp3) is 0.0714. The van der Waals surface area contributed by atoms with Crippen molar-refractivity contribution >= 4 is 28.1 Å². The second-order valence-electron chi connectivity index (χ2n) is 4.17. The average molecular weight is 348 g/mol. The van der Waals surface area contributed by atoms with E-state index < -0.39 is 0 Å². The highest BCUT2D eigenvalue weighted by Gasteiger charge is 2.15. The summed E-state index contributed by atoms with van der Waals surface area (Å²) >= 11 is 3.41. The molecule has 0 unspecified atom stereocenters. The monoisotopic (exact) mass is 347 g/mol. The quantitative estimate of drug-likeness (QED) is 0.683. The maximum atomic E-state index is 11.8. The van der Waals surface area contributed by atoms with Gasteiger partial charge in [0.2, 0.25) is 6.79 Å². The summed E-state index contributed by atoms with van der Waals surface area (Å²) in [4.78, 5) is 15.7. The number of rotatable bonds is 3. The van der Waals surface area contributed by atoms with Gasteiger partial charge in [0, 0.05) is 22.4 Å². The van der Waals surface area contributed by atoms with E-state index in [0.29, 0.717) is 17.1 Å². The van der Waals surface area contributed by atoms with Gasteiger partial charge in [-0.05, 0) is 40.2 Å². The Hall–Kier alpha value is -2.41. The molecule has 1 aromatic carbocycles. The number of hydrazone groups is 1. The Balaban J connectivity index is 1.71. The van der Waals surface area contributed by atoms with Crippen LogP contribution in [0.25, 0.3) is 0 Å². The summed E-state index contributed by atoms with van der Waals surface area (Å²) in [5.41, 5.74) is 3.65. The van der Waals surface area contributed by atoms with Crippen LogP contribution >= 0.6 is 15.9 Å². The van der Waals surface area contributed by atoms with Crippen LogP contribution < -0.4 is 14.9 Å². The number of amides is 1. The molecule has 0 radical (unpaired) electrons. The van der Waals surface area contributed by atoms with E-state index in [1.807, 2.05) is 0 Å². The smallest absolute Gasteiger partial charge is 0.272 e. The predicted octanol–water partition coefficient (Wildman–Crippen LogP) is 2.34. The van der Waals surface area contributed by atoms with E-state index in [0.717, 1.165) is 10.0 Å². The van der Waals surface area contributed by atoms with Crippen LogP contribution in [0.15, 0.2) is 46.2 Å². The molecule has 2 aromatic rings. The number of nitrogens with one attached hydrogen (secondary N) is 1. The van der Waals surface area contributed by atoms with Crippen LogP contribution in [0, 0.1) is 0 Å². The van der Waals surface area contributed by atoms with Gasteiger partial charge in [0.1, 0.15) is 0 Å². The Kier molecular flexibility index (Phi) is 3.83. The van der Waals surface area contributed by atoms with Crippen molar-refractivity contribution in [1.29, 1.82) is 0 Å². The van der Waals surface area contributed by atoms with E-state index in [9.17, 15) is 4.79 Å². The third-order valence-electron chi connectivity index (χ3n) is 2.79. The van der Waals surface area contributed by atoms with Gasteiger partial charge in [-0.15, -0.1) is 0 Å². The molecule has 1 aromatic heterocycles. The average Bonchev–Trinajstić information content (AvgIpc) is 2.95. The summed E-state index contributed by atoms with van der Waals surface area (Å²) in [5.74, 6) is 1.01. The van der Waals surface area contributed by atoms with E-state index in [-0.39, 0.29) is 12.7 Å². The molecule has 0 saturated heterocycles. The Morgan fingerprint density at radius 3 is 2.95 bits per heavy atom. The van der Waals surface area contributed by atoms with Crippen LogP contribution in [-0.2, 0) is 0 Å². The first-order valence-corrected chi connectivity index (χ1v) is 6.86. The van der Waals surface area contributed by atoms with Gasteiger partial charge in [0.15, 0.2) is 11.5 Å². The third kappa shape index (κ3) is 3.03. The zero-order valence-corrected chi connectivity index (χ0v) is 12.3. The second-order valence-corrected chi connectivity index (χ2v) is 5.02. The van der Waals surface area contributed by atoms with E-state index in [2.05, 4.69) is 31.4 Å². The maximum Gasteiger partial charge on any atom is 0.272 e. The highest BCUT2D eigenvalue weighted by Crippen LogP contribution is 2.36. The lowest BCUT2D eigenvalue weighted by Gasteiger charge is -2.02. The highest BCUT2D eigenvalue weighted by molar-refractivity contribution is 9.10. The Morgan fingerprint density at radius 1 is 1.38 bits per heavy atom. The number of pyridine rings is 1. The SMILES string of the molecule is O=C(N/N=C/c1cc2c(cc1Br)OCO2)c1cccnc1. The van der Waals surface area contributed by atoms with Gasteiger partial charge in [-0.2, -0.15) is 5.10 Å². The lowest BCUT2D eigenvalue weighted by molar-refractivity contribution is 0.0955. The number of aromatic nitrogens is 1. The van der Waals surface area contributed by atoms with E-state index in [4.69, 9.17) is 9.47 Å². The molecule has 6 nitrogen and oxygen atoms in total. The first kappa shape index (κ1) is 13.6. The van der Waals surface area contributed by atoms with Gasteiger partial charge < -0.3 is 9.47 Å². The number of halogens is 1. The highest BCUT2D eigenvalue weighted by atomic mass is 79.9. The molecule has 0 bridgehead atoms. The maximum absolute atomic E-state index is 11.8. The van der Waals surface area contributed by atoms with Gasteiger partial charge in [-0.3, -0.25) is 9.78 Å². The first-order chi connectivity index (χ1) is 10.2. The number of benzene rings is 1. The lowest BCUT2D eigenvalue weighted by atomic mass is 10.2. The van der Waals surface area contributed by atoms with Gasteiger partial charge in [0.25, 0.3) is 5.91 Å². The Bertz CT molecular complexity index is 704. The van der Waals surface area contributed by atoms with Crippen LogP contribution in [0.2, 0.25) is 0 Å². The first-order valence-electron chi connectivity index (χ1n) is 6.06. The predicted molar refractivity (Wildman–Crippen MR) is 79.6 cm³/mol. The summed E-state index contributed by atoms with van der Waals surface area (Å²) in [6.45, 7) is 0.208. The van der Waals surface area contributed by atoms with Crippen molar-refractivity contribution in [1.82, 2.24) is 10.4 Å². The molecule has 0 spiro atoms. The Labute approximate surface area is 128 Å². The molecule has 0 atom stereocenters. The minimum Gasteiger partial charge on any atom is -0.454 e. The zero-order chi connectivity index (χ0) is 14.7. The number of hydrogen-bond donors (Lipinski definition) is 1. The van der Waals surface area contributed by atoms with Gasteiger partial charge in [-0.1, -0.05) is 0 Å². The topological polar surface area (TPSA) is 72.8 Å². The largest absolute Gasteiger partial charge is 0.454 e. The molecular formula is C14H10BrN3O3. The van der Waals surface area contributed by atoms with Crippen molar-refractivity contribution in [2.75, 3.05) is 6.79 Å². The van der Waals surface area contributed by atoms with Crippen molar-refractivity contribution in [3.63, 3.8) is 0 Å². The van der Waals surface area contributed by atoms with Crippen LogP contribution in [0.1, 0.15) is 15.9 Å². The number of carbonyl (C=O) groups excluding carboxylic acids is 1. The van der Waals surface area contributed by atoms with E-state index >= 15 is 0 Å². The molecule has 1 aliphatic heterocycles. The zero-order valence-electron chi connectivity index (χ0n) is 10.7. The van der Waals surface area contributed by atoms with Crippen molar-refractivity contribution in [2.24, 2.45) is 5.10 Å². The second kappa shape index (κ2) is 5.92. The molecule has 0 fully saturated rings. The van der Waals surface area contributed by atoms with E-state index in [1.165, 1.54) is 12.4 Å². The number of fused-ring (bicyclic) bond motifs is 1. The van der Waals surface area contributed by atoms with Crippen molar-refractivity contribution in [3.8, 4) is 11.5 Å². The minimum atomic E-state index is -0.323. The summed E-state index contributed by atoms with van der Waals surface area (Å²) < 4.78 is 11.3. The molecule has 2 heterocycles. The van der Waals surface area contributed by atoms with Crippen molar-refractivity contribution in [3.05, 3.63) is 52.3 Å². The van der Waals surface area contributed by atoms with Crippen molar-refractivity contribution in [2.45, 2.75) is 0 Å². The molecule has 106 valence electrons. The molecule has 1 amide bonds. The molecular weight excluding hydrogens is 338 g/mol. The molecule has 7 heteroatoms. The number of hydrogen-bond acceptors (Lipinski definition) is 5. The van der Waals surface area contributed by atoms with E-state index in [1.54, 1.807) is 30.5 Å². The van der Waals surface area contributed by atoms with Crippen molar-refractivity contribution < 1.29 is 14.3 Å². The summed E-state index contributed by atoms with van der Waals surface area (Å²) in [5, 5.41) is 3.93. The fourth-order valence-corrected chi connectivity index (χ4v) is 2.18. The summed E-state index contributed by atoms with van der Waals surface area (Å²) in [6.07, 6.45) is 4.60. The molecule has 0 saturated carbocycles. The summed E-state index contributed by atoms with van der Waals surface area (Å²) in [6, 6.07) is 6.93. The molecule has 21 heavy (non-hydrogen) atoms. The number of ether oxygens (including phenoxy) is 2. The lowest BCUT2D eigenvalue weighted by Crippen LogP contribution is -2.17. The Morgan fingerprint density at radius 2 is 2.19 bits per heavy atom. The third-order valence-corrected chi connectivity index (χ3v) is 3.47. The standard InChI is InChI=1S/C14H10BrN3O3/c15-11-5-13-12(20-8-21-13)4-10(11)7-17-18-14(19)9-2-1-3-16-6-9/h1-7H,8H2,(H,18,19)/b17-7+. The number of carbonyl (C=O) groups is 1.